The van der Waals surface area contributed by atoms with Crippen molar-refractivity contribution in [3.63, 3.8) is 0 Å². The zero-order valence-electron chi connectivity index (χ0n) is 10.4. The Morgan fingerprint density at radius 3 is 2.32 bits per heavy atom. The van der Waals surface area contributed by atoms with Crippen molar-refractivity contribution in [1.29, 1.82) is 0 Å². The van der Waals surface area contributed by atoms with Gasteiger partial charge in [0, 0.05) is 6.04 Å². The van der Waals surface area contributed by atoms with Gasteiger partial charge in [-0.2, -0.15) is 0 Å². The van der Waals surface area contributed by atoms with Crippen molar-refractivity contribution in [1.82, 2.24) is 4.72 Å². The highest BCUT2D eigenvalue weighted by atomic mass is 35.5. The van der Waals surface area contributed by atoms with E-state index in [1.165, 1.54) is 0 Å². The van der Waals surface area contributed by atoms with Gasteiger partial charge >= 0.3 is 0 Å². The average Bonchev–Trinajstić information content (AvgIpc) is 2.84. The van der Waals surface area contributed by atoms with Gasteiger partial charge in [0.2, 0.25) is 10.0 Å². The molecule has 2 aliphatic carbocycles. The van der Waals surface area contributed by atoms with Crippen LogP contribution in [0.15, 0.2) is 28.5 Å². The summed E-state index contributed by atoms with van der Waals surface area (Å²) >= 11 is 6.93. The van der Waals surface area contributed by atoms with Crippen LogP contribution in [0.3, 0.4) is 0 Å². The van der Waals surface area contributed by atoms with Crippen LogP contribution in [0.4, 0.5) is 0 Å². The monoisotopic (exact) mass is 317 g/mol. The Morgan fingerprint density at radius 1 is 1.16 bits per heavy atom. The van der Waals surface area contributed by atoms with E-state index >= 15 is 0 Å². The number of sulfonamides is 1. The fourth-order valence-corrected chi connectivity index (χ4v) is 5.99. The van der Waals surface area contributed by atoms with Crippen molar-refractivity contribution in [3.05, 3.63) is 28.6 Å². The molecule has 0 aromatic carbocycles. The molecule has 104 valence electrons. The Bertz CT molecular complexity index is 578. The van der Waals surface area contributed by atoms with Crippen LogP contribution in [0, 0.1) is 11.8 Å². The lowest BCUT2D eigenvalue weighted by Gasteiger charge is -2.23. The van der Waals surface area contributed by atoms with Crippen LogP contribution in [-0.4, -0.2) is 14.5 Å². The molecule has 0 radical (unpaired) electrons. The van der Waals surface area contributed by atoms with Gasteiger partial charge in [-0.1, -0.05) is 23.8 Å². The van der Waals surface area contributed by atoms with Crippen LogP contribution >= 0.6 is 22.9 Å². The maximum absolute atomic E-state index is 12.4. The van der Waals surface area contributed by atoms with Crippen LogP contribution in [0.5, 0.6) is 0 Å². The van der Waals surface area contributed by atoms with Crippen LogP contribution in [0.2, 0.25) is 4.34 Å². The summed E-state index contributed by atoms with van der Waals surface area (Å²) in [6.45, 7) is 0. The van der Waals surface area contributed by atoms with Crippen molar-refractivity contribution in [2.45, 2.75) is 35.9 Å². The fourth-order valence-electron chi connectivity index (χ4n) is 3.11. The van der Waals surface area contributed by atoms with Crippen molar-refractivity contribution in [2.75, 3.05) is 0 Å². The molecule has 2 bridgehead atoms. The maximum atomic E-state index is 12.4. The van der Waals surface area contributed by atoms with Gasteiger partial charge < -0.3 is 0 Å². The maximum Gasteiger partial charge on any atom is 0.250 e. The van der Waals surface area contributed by atoms with Gasteiger partial charge in [-0.05, 0) is 49.7 Å². The molecule has 1 aromatic heterocycles. The minimum absolute atomic E-state index is 0.0703. The van der Waals surface area contributed by atoms with Crippen molar-refractivity contribution in [2.24, 2.45) is 11.8 Å². The number of hydrogen-bond acceptors (Lipinski definition) is 3. The topological polar surface area (TPSA) is 46.2 Å². The Labute approximate surface area is 122 Å². The molecular weight excluding hydrogens is 302 g/mol. The smallest absolute Gasteiger partial charge is 0.207 e. The third-order valence-electron chi connectivity index (χ3n) is 4.07. The highest BCUT2D eigenvalue weighted by molar-refractivity contribution is 7.91. The normalized spacial score (nSPS) is 30.5. The molecule has 2 aliphatic rings. The molecule has 0 amide bonds. The molecule has 0 saturated heterocycles. The first-order valence-corrected chi connectivity index (χ1v) is 9.17. The number of hydrogen-bond donors (Lipinski definition) is 1. The minimum atomic E-state index is -3.42. The molecule has 1 saturated carbocycles. The highest BCUT2D eigenvalue weighted by Crippen LogP contribution is 2.39. The first-order valence-electron chi connectivity index (χ1n) is 6.49. The van der Waals surface area contributed by atoms with Crippen LogP contribution < -0.4 is 4.72 Å². The van der Waals surface area contributed by atoms with Gasteiger partial charge in [0.05, 0.1) is 4.34 Å². The molecule has 3 rings (SSSR count). The summed E-state index contributed by atoms with van der Waals surface area (Å²) in [5.74, 6) is 0.878. The Morgan fingerprint density at radius 2 is 1.79 bits per heavy atom. The summed E-state index contributed by atoms with van der Waals surface area (Å²) in [4.78, 5) is 0. The van der Waals surface area contributed by atoms with Crippen LogP contribution in [-0.2, 0) is 10.0 Å². The number of nitrogens with one attached hydrogen (secondary N) is 1. The lowest BCUT2D eigenvalue weighted by Crippen LogP contribution is -2.40. The first-order chi connectivity index (χ1) is 9.06. The Kier molecular flexibility index (Phi) is 3.73. The fraction of sp³-hybridized carbons (Fsp3) is 0.538. The van der Waals surface area contributed by atoms with E-state index in [2.05, 4.69) is 16.9 Å². The molecule has 0 aliphatic heterocycles. The zero-order valence-corrected chi connectivity index (χ0v) is 12.8. The van der Waals surface area contributed by atoms with Gasteiger partial charge in [-0.3, -0.25) is 0 Å². The summed E-state index contributed by atoms with van der Waals surface area (Å²) < 4.78 is 28.5. The van der Waals surface area contributed by atoms with E-state index in [0.717, 1.165) is 37.0 Å². The molecule has 1 heterocycles. The molecule has 2 unspecified atom stereocenters. The molecule has 6 heteroatoms. The Hall–Kier alpha value is -0.360. The molecule has 2 atom stereocenters. The molecule has 0 spiro atoms. The second kappa shape index (κ2) is 5.20. The van der Waals surface area contributed by atoms with E-state index in [-0.39, 0.29) is 6.04 Å². The average molecular weight is 318 g/mol. The first kappa shape index (κ1) is 13.6. The predicted molar refractivity (Wildman–Crippen MR) is 78.0 cm³/mol. The number of thiophene rings is 1. The van der Waals surface area contributed by atoms with E-state index in [0.29, 0.717) is 20.4 Å². The molecule has 1 fully saturated rings. The lowest BCUT2D eigenvalue weighted by atomic mass is 9.97. The van der Waals surface area contributed by atoms with E-state index in [1.54, 1.807) is 12.1 Å². The largest absolute Gasteiger partial charge is 0.250 e. The summed E-state index contributed by atoms with van der Waals surface area (Å²) in [5.41, 5.74) is 0. The van der Waals surface area contributed by atoms with E-state index in [1.807, 2.05) is 0 Å². The van der Waals surface area contributed by atoms with E-state index in [9.17, 15) is 8.42 Å². The Balaban J connectivity index is 1.81. The molecule has 19 heavy (non-hydrogen) atoms. The molecule has 1 aromatic rings. The van der Waals surface area contributed by atoms with Gasteiger partial charge in [-0.15, -0.1) is 11.3 Å². The minimum Gasteiger partial charge on any atom is -0.207 e. The van der Waals surface area contributed by atoms with Crippen LogP contribution in [0.1, 0.15) is 25.7 Å². The second-order valence-corrected chi connectivity index (χ2v) is 8.90. The van der Waals surface area contributed by atoms with Crippen molar-refractivity contribution in [3.8, 4) is 0 Å². The second-order valence-electron chi connectivity index (χ2n) is 5.25. The van der Waals surface area contributed by atoms with Crippen LogP contribution in [0.25, 0.3) is 0 Å². The summed E-state index contributed by atoms with van der Waals surface area (Å²) in [6, 6.07) is 3.27. The van der Waals surface area contributed by atoms with Gasteiger partial charge in [0.25, 0.3) is 0 Å². The van der Waals surface area contributed by atoms with Gasteiger partial charge in [-0.25, -0.2) is 13.1 Å². The van der Waals surface area contributed by atoms with Crippen molar-refractivity contribution >= 4 is 33.0 Å². The summed E-state index contributed by atoms with van der Waals surface area (Å²) in [7, 11) is -3.42. The summed E-state index contributed by atoms with van der Waals surface area (Å²) in [6.07, 6.45) is 8.57. The SMILES string of the molecule is O=S(=O)(NC1C2CC=CCC1CC2)c1ccc(Cl)s1. The number of rotatable bonds is 3. The molecule has 1 N–H and O–H groups in total. The number of halogens is 1. The van der Waals surface area contributed by atoms with Gasteiger partial charge in [0.15, 0.2) is 0 Å². The number of allylic oxidation sites excluding steroid dienone is 2. The molecule has 3 nitrogen and oxygen atoms in total. The number of fused-ring (bicyclic) bond motifs is 2. The predicted octanol–water partition coefficient (Wildman–Crippen LogP) is 3.42. The zero-order chi connectivity index (χ0) is 13.5. The third kappa shape index (κ3) is 2.75. The standard InChI is InChI=1S/C13H16ClNO2S2/c14-11-7-8-12(18-11)19(16,17)15-13-9-3-1-2-4-10(13)6-5-9/h1-2,7-10,13,15H,3-6H2. The third-order valence-corrected chi connectivity index (χ3v) is 7.26. The summed E-state index contributed by atoms with van der Waals surface area (Å²) in [5, 5.41) is 0. The quantitative estimate of drug-likeness (QED) is 0.868. The highest BCUT2D eigenvalue weighted by Gasteiger charge is 2.38. The van der Waals surface area contributed by atoms with E-state index in [4.69, 9.17) is 11.6 Å². The van der Waals surface area contributed by atoms with Crippen molar-refractivity contribution < 1.29 is 8.42 Å². The lowest BCUT2D eigenvalue weighted by molar-refractivity contribution is 0.389. The molecular formula is C13H16ClNO2S2. The van der Waals surface area contributed by atoms with Gasteiger partial charge in [0.1, 0.15) is 4.21 Å². The van der Waals surface area contributed by atoms with E-state index < -0.39 is 10.0 Å².